The van der Waals surface area contributed by atoms with Gasteiger partial charge in [0.25, 0.3) is 0 Å². The Morgan fingerprint density at radius 2 is 0.936 bits per heavy atom. The standard InChI is InChI=1S/C72H114O6/c1-49(2)20-17-22-51(5)61-32-34-63-59-30-28-53-46-57(36-40-69(53,7)65(59)38-42-71(61,63)9)77-67(73)26-13-11-15-44-75-55-24-19-25-56(48-55)76-45-16-12-14-27-68(74)78-58-37-41-70(8)54(47-58)29-31-60-64-35-33-62(52(6)23-18-21-50(3)4)72(64,10)43-39-66(60)70/h19,24-25,28-29,48-52,57-66H,11-18,20-23,26-27,30-47H2,1-10H3/t51-,52-,57+,58+,59+,60+,61-,62-,63+,64+,65+,66+,69+,70+,71-,72-/m1/s1. The first-order valence-corrected chi connectivity index (χ1v) is 33.5. The van der Waals surface area contributed by atoms with Gasteiger partial charge in [0, 0.05) is 31.7 Å². The molecular weight excluding hydrogens is 961 g/mol. The molecule has 0 aromatic heterocycles. The number of ether oxygens (including phenoxy) is 4. The van der Waals surface area contributed by atoms with E-state index in [1.165, 1.54) is 103 Å². The van der Waals surface area contributed by atoms with Crippen LogP contribution in [0.2, 0.25) is 0 Å². The monoisotopic (exact) mass is 1070 g/mol. The molecule has 8 aliphatic rings. The molecule has 0 unspecified atom stereocenters. The Bertz CT molecular complexity index is 2040. The molecular formula is C72H114O6. The third-order valence-electron chi connectivity index (χ3n) is 24.5. The molecule has 78 heavy (non-hydrogen) atoms. The van der Waals surface area contributed by atoms with E-state index in [1.807, 2.05) is 24.3 Å². The summed E-state index contributed by atoms with van der Waals surface area (Å²) in [6.07, 6.45) is 40.0. The average molecular weight is 1080 g/mol. The second-order valence-corrected chi connectivity index (χ2v) is 30.1. The number of carbonyl (C=O) groups excluding carboxylic acids is 2. The minimum Gasteiger partial charge on any atom is -0.493 e. The maximum absolute atomic E-state index is 13.1. The summed E-state index contributed by atoms with van der Waals surface area (Å²) in [7, 11) is 0. The molecule has 0 bridgehead atoms. The Kier molecular flexibility index (Phi) is 20.1. The van der Waals surface area contributed by atoms with E-state index >= 15 is 0 Å². The summed E-state index contributed by atoms with van der Waals surface area (Å²) in [6, 6.07) is 7.93. The molecule has 0 saturated heterocycles. The molecule has 0 N–H and O–H groups in total. The number of benzene rings is 1. The van der Waals surface area contributed by atoms with Crippen LogP contribution in [0.25, 0.3) is 0 Å². The zero-order valence-electron chi connectivity index (χ0n) is 51.6. The second kappa shape index (κ2) is 26.2. The van der Waals surface area contributed by atoms with Crippen molar-refractivity contribution in [1.29, 1.82) is 0 Å². The van der Waals surface area contributed by atoms with Gasteiger partial charge in [0.2, 0.25) is 0 Å². The van der Waals surface area contributed by atoms with Crippen molar-refractivity contribution >= 4 is 11.9 Å². The maximum Gasteiger partial charge on any atom is 0.306 e. The molecule has 0 amide bonds. The lowest BCUT2D eigenvalue weighted by molar-refractivity contribution is -0.152. The van der Waals surface area contributed by atoms with Crippen LogP contribution >= 0.6 is 0 Å². The first-order chi connectivity index (χ1) is 37.4. The Morgan fingerprint density at radius 1 is 0.500 bits per heavy atom. The van der Waals surface area contributed by atoms with Gasteiger partial charge in [-0.15, -0.1) is 0 Å². The smallest absolute Gasteiger partial charge is 0.306 e. The first kappa shape index (κ1) is 59.8. The molecule has 8 aliphatic carbocycles. The quantitative estimate of drug-likeness (QED) is 0.0523. The van der Waals surface area contributed by atoms with E-state index in [0.29, 0.717) is 36.9 Å². The molecule has 16 atom stereocenters. The predicted octanol–water partition coefficient (Wildman–Crippen LogP) is 19.5. The van der Waals surface area contributed by atoms with E-state index in [-0.39, 0.29) is 35.0 Å². The van der Waals surface area contributed by atoms with Crippen molar-refractivity contribution in [2.24, 2.45) is 92.7 Å². The van der Waals surface area contributed by atoms with Crippen molar-refractivity contribution in [3.63, 3.8) is 0 Å². The number of allylic oxidation sites excluding steroid dienone is 2. The lowest BCUT2D eigenvalue weighted by Gasteiger charge is -2.58. The zero-order valence-corrected chi connectivity index (χ0v) is 51.6. The van der Waals surface area contributed by atoms with E-state index in [9.17, 15) is 9.59 Å². The van der Waals surface area contributed by atoms with Crippen LogP contribution in [0.15, 0.2) is 47.6 Å². The van der Waals surface area contributed by atoms with E-state index in [0.717, 1.165) is 160 Å². The fraction of sp³-hybridized carbons (Fsp3) is 0.833. The van der Waals surface area contributed by atoms with Gasteiger partial charge in [-0.25, -0.2) is 0 Å². The molecule has 0 spiro atoms. The SMILES string of the molecule is CC(C)CCC[C@@H](C)[C@H]1CC[C@H]2[C@@H]3CC=C4C[C@@H](OC(=O)CCCCCOc5cccc(OCCCCCC(=O)O[C@H]6CC[C@@]7(C)C(=CC[C@H]8[C@@H]9CC[C@H]([C@H](C)CCCC(C)C)[C@@]9(C)CC[C@@H]87)C6)c5)CC[C@]4(C)[C@H]3CC[C@]12C. The fourth-order valence-corrected chi connectivity index (χ4v) is 20.1. The van der Waals surface area contributed by atoms with E-state index in [4.69, 9.17) is 18.9 Å². The van der Waals surface area contributed by atoms with Gasteiger partial charge in [0.15, 0.2) is 0 Å². The van der Waals surface area contributed by atoms with E-state index < -0.39 is 0 Å². The third kappa shape index (κ3) is 13.3. The normalized spacial score (nSPS) is 36.7. The highest BCUT2D eigenvalue weighted by atomic mass is 16.5. The topological polar surface area (TPSA) is 71.1 Å². The Balaban J connectivity index is 0.610. The van der Waals surface area contributed by atoms with Crippen LogP contribution in [0.4, 0.5) is 0 Å². The van der Waals surface area contributed by atoms with Crippen LogP contribution in [0, 0.1) is 92.7 Å². The molecule has 0 aliphatic heterocycles. The summed E-state index contributed by atoms with van der Waals surface area (Å²) in [5.74, 6) is 11.7. The number of esters is 2. The molecule has 6 heteroatoms. The van der Waals surface area contributed by atoms with Crippen molar-refractivity contribution in [1.82, 2.24) is 0 Å². The lowest BCUT2D eigenvalue weighted by Crippen LogP contribution is -2.51. The molecule has 6 nitrogen and oxygen atoms in total. The van der Waals surface area contributed by atoms with Crippen LogP contribution in [-0.4, -0.2) is 37.4 Å². The number of fused-ring (bicyclic) bond motifs is 10. The summed E-state index contributed by atoms with van der Waals surface area (Å²) in [5, 5.41) is 0. The van der Waals surface area contributed by atoms with Gasteiger partial charge in [-0.3, -0.25) is 9.59 Å². The third-order valence-corrected chi connectivity index (χ3v) is 24.5. The van der Waals surface area contributed by atoms with Gasteiger partial charge in [-0.05, 0) is 233 Å². The number of unbranched alkanes of at least 4 members (excludes halogenated alkanes) is 4. The molecule has 0 radical (unpaired) electrons. The molecule has 1 aromatic carbocycles. The van der Waals surface area contributed by atoms with Crippen molar-refractivity contribution in [2.45, 2.75) is 274 Å². The molecule has 9 rings (SSSR count). The average Bonchev–Trinajstić information content (AvgIpc) is 4.01. The Hall–Kier alpha value is -2.76. The van der Waals surface area contributed by atoms with Gasteiger partial charge in [-0.2, -0.15) is 0 Å². The second-order valence-electron chi connectivity index (χ2n) is 30.1. The van der Waals surface area contributed by atoms with Crippen molar-refractivity contribution in [2.75, 3.05) is 13.2 Å². The Morgan fingerprint density at radius 3 is 1.36 bits per heavy atom. The highest BCUT2D eigenvalue weighted by molar-refractivity contribution is 5.70. The molecule has 0 heterocycles. The highest BCUT2D eigenvalue weighted by Crippen LogP contribution is 2.69. The van der Waals surface area contributed by atoms with Crippen LogP contribution < -0.4 is 9.47 Å². The van der Waals surface area contributed by atoms with E-state index in [2.05, 4.69) is 81.4 Å². The summed E-state index contributed by atoms with van der Waals surface area (Å²) in [5.41, 5.74) is 4.79. The number of rotatable bonds is 26. The van der Waals surface area contributed by atoms with Crippen LogP contribution in [-0.2, 0) is 19.1 Å². The van der Waals surface area contributed by atoms with Crippen molar-refractivity contribution < 1.29 is 28.5 Å². The Labute approximate surface area is 477 Å². The van der Waals surface area contributed by atoms with Gasteiger partial charge in [-0.1, -0.05) is 137 Å². The number of hydrogen-bond donors (Lipinski definition) is 0. The van der Waals surface area contributed by atoms with E-state index in [1.54, 1.807) is 11.1 Å². The van der Waals surface area contributed by atoms with Gasteiger partial charge in [0.05, 0.1) is 13.2 Å². The van der Waals surface area contributed by atoms with Gasteiger partial charge >= 0.3 is 11.9 Å². The zero-order chi connectivity index (χ0) is 55.2. The van der Waals surface area contributed by atoms with Gasteiger partial charge in [0.1, 0.15) is 23.7 Å². The first-order valence-electron chi connectivity index (χ1n) is 33.5. The van der Waals surface area contributed by atoms with Crippen LogP contribution in [0.3, 0.4) is 0 Å². The lowest BCUT2D eigenvalue weighted by atomic mass is 9.47. The minimum absolute atomic E-state index is 0.0287. The van der Waals surface area contributed by atoms with Crippen molar-refractivity contribution in [3.8, 4) is 11.5 Å². The maximum atomic E-state index is 13.1. The van der Waals surface area contributed by atoms with Crippen LogP contribution in [0.5, 0.6) is 11.5 Å². The fourth-order valence-electron chi connectivity index (χ4n) is 20.1. The number of hydrogen-bond acceptors (Lipinski definition) is 6. The molecule has 6 fully saturated rings. The molecule has 1 aromatic rings. The predicted molar refractivity (Wildman–Crippen MR) is 320 cm³/mol. The minimum atomic E-state index is -0.0287. The summed E-state index contributed by atoms with van der Waals surface area (Å²) in [6.45, 7) is 26.4. The van der Waals surface area contributed by atoms with Crippen LogP contribution in [0.1, 0.15) is 262 Å². The largest absolute Gasteiger partial charge is 0.493 e. The van der Waals surface area contributed by atoms with Crippen molar-refractivity contribution in [3.05, 3.63) is 47.6 Å². The highest BCUT2D eigenvalue weighted by Gasteiger charge is 2.61. The number of carbonyl (C=O) groups is 2. The molecule has 6 saturated carbocycles. The summed E-state index contributed by atoms with van der Waals surface area (Å²) in [4.78, 5) is 26.2. The summed E-state index contributed by atoms with van der Waals surface area (Å²) >= 11 is 0. The summed E-state index contributed by atoms with van der Waals surface area (Å²) < 4.78 is 24.6. The van der Waals surface area contributed by atoms with Gasteiger partial charge < -0.3 is 18.9 Å². The molecule has 438 valence electrons.